The highest BCUT2D eigenvalue weighted by atomic mass is 19.4. The number of nitrogens with one attached hydrogen (secondary N) is 3. The average Bonchev–Trinajstić information content (AvgIpc) is 3.84. The molecule has 0 saturated heterocycles. The Morgan fingerprint density at radius 1 is 1.17 bits per heavy atom. The van der Waals surface area contributed by atoms with Crippen molar-refractivity contribution in [3.63, 3.8) is 0 Å². The third-order valence-electron chi connectivity index (χ3n) is 8.04. The SMILES string of the molecule is Cc1nonc1C(=O)N[C@H](C(=O)Nc1cn(C(CC2CC2)c2cn[nH][n+]2CC(F)(F)F)nc1F)C(C1CC1)C1CC1. The molecular formula is C25H30F4N9O3+. The summed E-state index contributed by atoms with van der Waals surface area (Å²) in [7, 11) is 0. The Hall–Kier alpha value is -3.85. The lowest BCUT2D eigenvalue weighted by Crippen LogP contribution is -2.50. The number of aromatic amines is 1. The Morgan fingerprint density at radius 3 is 2.46 bits per heavy atom. The van der Waals surface area contributed by atoms with Gasteiger partial charge in [-0.15, -0.1) is 9.78 Å². The lowest BCUT2D eigenvalue weighted by Gasteiger charge is -2.27. The van der Waals surface area contributed by atoms with Gasteiger partial charge in [0.25, 0.3) is 11.9 Å². The predicted octanol–water partition coefficient (Wildman–Crippen LogP) is 2.85. The van der Waals surface area contributed by atoms with Gasteiger partial charge in [0, 0.05) is 5.10 Å². The number of hydrogen-bond acceptors (Lipinski definition) is 7. The van der Waals surface area contributed by atoms with Gasteiger partial charge in [0.15, 0.2) is 11.4 Å². The highest BCUT2D eigenvalue weighted by molar-refractivity contribution is 6.01. The summed E-state index contributed by atoms with van der Waals surface area (Å²) >= 11 is 0. The molecule has 0 spiro atoms. The molecule has 0 bridgehead atoms. The van der Waals surface area contributed by atoms with Crippen LogP contribution in [0.2, 0.25) is 0 Å². The Bertz CT molecular complexity index is 1410. The number of hydrogen-bond donors (Lipinski definition) is 3. The molecule has 3 aliphatic carbocycles. The fourth-order valence-electron chi connectivity index (χ4n) is 5.60. The fraction of sp³-hybridized carbons (Fsp3) is 0.640. The number of carbonyl (C=O) groups excluding carboxylic acids is 2. The monoisotopic (exact) mass is 580 g/mol. The van der Waals surface area contributed by atoms with Crippen LogP contribution < -0.4 is 15.3 Å². The van der Waals surface area contributed by atoms with Crippen LogP contribution in [0.5, 0.6) is 0 Å². The lowest BCUT2D eigenvalue weighted by molar-refractivity contribution is -0.779. The Kier molecular flexibility index (Phi) is 7.01. The van der Waals surface area contributed by atoms with Crippen molar-refractivity contribution in [3.05, 3.63) is 35.4 Å². The first kappa shape index (κ1) is 27.3. The molecule has 2 atom stereocenters. The molecule has 3 fully saturated rings. The summed E-state index contributed by atoms with van der Waals surface area (Å²) in [6.07, 6.45) is 4.04. The van der Waals surface area contributed by atoms with Gasteiger partial charge in [0.05, 0.1) is 6.20 Å². The minimum Gasteiger partial charge on any atom is -0.338 e. The van der Waals surface area contributed by atoms with Crippen molar-refractivity contribution in [2.24, 2.45) is 23.7 Å². The molecule has 12 nitrogen and oxygen atoms in total. The van der Waals surface area contributed by atoms with E-state index in [1.165, 1.54) is 17.1 Å². The van der Waals surface area contributed by atoms with Crippen LogP contribution >= 0.6 is 0 Å². The van der Waals surface area contributed by atoms with Crippen molar-refractivity contribution < 1.29 is 36.5 Å². The maximum absolute atomic E-state index is 15.2. The maximum atomic E-state index is 15.2. The number of halogens is 4. The third kappa shape index (κ3) is 6.25. The zero-order valence-electron chi connectivity index (χ0n) is 22.2. The topological polar surface area (TPSA) is 148 Å². The molecule has 3 aromatic rings. The molecule has 2 amide bonds. The summed E-state index contributed by atoms with van der Waals surface area (Å²) < 4.78 is 61.4. The standard InChI is InChI=1S/C25H29F4N9O3/c1-12-20(35-41-34-12)23(39)32-21(19(14-4-5-14)15-6-7-15)24(40)31-16-10-37(33-22(16)26)17(8-13-2-3-13)18-9-30-36-38(18)11-25(27,28)29/h9-10,13-15,17,19,21H,2-8,11H2,1H3,(H2,31,32,39,40)/p+1/t17?,21-/m0/s1. The molecule has 3 N–H and O–H groups in total. The van der Waals surface area contributed by atoms with Crippen molar-refractivity contribution in [3.8, 4) is 0 Å². The average molecular weight is 581 g/mol. The molecule has 3 saturated carbocycles. The number of carbonyl (C=O) groups is 2. The van der Waals surface area contributed by atoms with Crippen LogP contribution in [0.25, 0.3) is 0 Å². The molecule has 16 heteroatoms. The highest BCUT2D eigenvalue weighted by Crippen LogP contribution is 2.51. The van der Waals surface area contributed by atoms with Crippen LogP contribution in [-0.2, 0) is 11.3 Å². The van der Waals surface area contributed by atoms with E-state index >= 15 is 4.39 Å². The van der Waals surface area contributed by atoms with E-state index in [0.717, 1.165) is 43.2 Å². The summed E-state index contributed by atoms with van der Waals surface area (Å²) in [5, 5.41) is 22.7. The number of H-pyrrole nitrogens is 1. The van der Waals surface area contributed by atoms with Gasteiger partial charge in [0.2, 0.25) is 18.6 Å². The number of aromatic nitrogens is 7. The minimum atomic E-state index is -4.50. The van der Waals surface area contributed by atoms with Gasteiger partial charge in [-0.3, -0.25) is 14.3 Å². The van der Waals surface area contributed by atoms with Crippen molar-refractivity contribution in [1.29, 1.82) is 0 Å². The normalized spacial score (nSPS) is 18.9. The molecule has 3 heterocycles. The summed E-state index contributed by atoms with van der Waals surface area (Å²) in [6.45, 7) is 0.266. The number of amides is 2. The van der Waals surface area contributed by atoms with Gasteiger partial charge in [-0.1, -0.05) is 23.2 Å². The number of aryl methyl sites for hydroxylation is 1. The van der Waals surface area contributed by atoms with Gasteiger partial charge >= 0.3 is 6.18 Å². The molecular weight excluding hydrogens is 550 g/mol. The van der Waals surface area contributed by atoms with Gasteiger partial charge in [0.1, 0.15) is 23.5 Å². The first-order valence-electron chi connectivity index (χ1n) is 13.7. The number of rotatable bonds is 12. The highest BCUT2D eigenvalue weighted by Gasteiger charge is 2.49. The van der Waals surface area contributed by atoms with Crippen LogP contribution in [0, 0.1) is 36.5 Å². The second-order valence-corrected chi connectivity index (χ2v) is 11.4. The van der Waals surface area contributed by atoms with Crippen molar-refractivity contribution >= 4 is 17.5 Å². The summed E-state index contributed by atoms with van der Waals surface area (Å²) in [6, 6.07) is -1.71. The Labute approximate surface area is 231 Å². The van der Waals surface area contributed by atoms with Gasteiger partial charge in [-0.2, -0.15) is 17.6 Å². The predicted molar refractivity (Wildman–Crippen MR) is 130 cm³/mol. The van der Waals surface area contributed by atoms with Crippen LogP contribution in [0.1, 0.15) is 72.9 Å². The molecule has 6 rings (SSSR count). The van der Waals surface area contributed by atoms with Gasteiger partial charge in [-0.25, -0.2) is 4.63 Å². The van der Waals surface area contributed by atoms with Crippen LogP contribution in [0.15, 0.2) is 17.0 Å². The van der Waals surface area contributed by atoms with E-state index in [2.05, 4.69) is 41.0 Å². The smallest absolute Gasteiger partial charge is 0.338 e. The number of anilines is 1. The van der Waals surface area contributed by atoms with E-state index in [1.54, 1.807) is 6.92 Å². The van der Waals surface area contributed by atoms with Crippen molar-refractivity contribution in [1.82, 2.24) is 35.7 Å². The van der Waals surface area contributed by atoms with Crippen molar-refractivity contribution in [2.75, 3.05) is 5.32 Å². The summed E-state index contributed by atoms with van der Waals surface area (Å²) in [4.78, 5) is 26.6. The van der Waals surface area contributed by atoms with E-state index < -0.39 is 42.6 Å². The largest absolute Gasteiger partial charge is 0.428 e. The van der Waals surface area contributed by atoms with E-state index in [9.17, 15) is 22.8 Å². The molecule has 0 radical (unpaired) electrons. The second kappa shape index (κ2) is 10.5. The Balaban J connectivity index is 1.25. The third-order valence-corrected chi connectivity index (χ3v) is 8.04. The zero-order chi connectivity index (χ0) is 28.9. The zero-order valence-corrected chi connectivity index (χ0v) is 22.2. The van der Waals surface area contributed by atoms with Gasteiger partial charge in [-0.05, 0) is 67.9 Å². The van der Waals surface area contributed by atoms with Crippen LogP contribution in [-0.4, -0.2) is 54.4 Å². The first-order chi connectivity index (χ1) is 19.6. The molecule has 0 aliphatic heterocycles. The molecule has 0 aromatic carbocycles. The Morgan fingerprint density at radius 2 is 1.88 bits per heavy atom. The van der Waals surface area contributed by atoms with E-state index in [1.807, 2.05) is 0 Å². The molecule has 3 aromatic heterocycles. The number of alkyl halides is 3. The minimum absolute atomic E-state index is 0.0395. The van der Waals surface area contributed by atoms with Gasteiger partial charge < -0.3 is 10.6 Å². The molecule has 220 valence electrons. The maximum Gasteiger partial charge on any atom is 0.428 e. The van der Waals surface area contributed by atoms with Crippen molar-refractivity contribution in [2.45, 2.75) is 76.7 Å². The quantitative estimate of drug-likeness (QED) is 0.220. The van der Waals surface area contributed by atoms with Crippen LogP contribution in [0.4, 0.5) is 23.2 Å². The fourth-order valence-corrected chi connectivity index (χ4v) is 5.60. The van der Waals surface area contributed by atoms with E-state index in [4.69, 9.17) is 0 Å². The van der Waals surface area contributed by atoms with Crippen LogP contribution in [0.3, 0.4) is 0 Å². The lowest BCUT2D eigenvalue weighted by atomic mass is 9.88. The number of nitrogens with zero attached hydrogens (tertiary/aromatic N) is 6. The molecule has 3 aliphatic rings. The summed E-state index contributed by atoms with van der Waals surface area (Å²) in [5.74, 6) is -1.57. The molecule has 1 unspecified atom stereocenters. The summed E-state index contributed by atoms with van der Waals surface area (Å²) in [5.41, 5.74) is 0.193. The first-order valence-corrected chi connectivity index (χ1v) is 13.7. The van der Waals surface area contributed by atoms with E-state index in [0.29, 0.717) is 6.42 Å². The second-order valence-electron chi connectivity index (χ2n) is 11.4. The van der Waals surface area contributed by atoms with E-state index in [-0.39, 0.29) is 46.4 Å². The molecule has 41 heavy (non-hydrogen) atoms.